The van der Waals surface area contributed by atoms with Crippen molar-refractivity contribution < 1.29 is 17.7 Å². The monoisotopic (exact) mass is 370 g/mol. The van der Waals surface area contributed by atoms with Crippen LogP contribution >= 0.6 is 11.3 Å². The van der Waals surface area contributed by atoms with Gasteiger partial charge in [-0.2, -0.15) is 4.31 Å². The average Bonchev–Trinajstić information content (AvgIpc) is 3.17. The average molecular weight is 370 g/mol. The Hall–Kier alpha value is -1.78. The molecule has 0 bridgehead atoms. The molecule has 3 rings (SSSR count). The molecule has 1 saturated heterocycles. The first-order valence-electron chi connectivity index (χ1n) is 7.53. The fourth-order valence-corrected chi connectivity index (χ4v) is 5.19. The fourth-order valence-electron chi connectivity index (χ4n) is 2.84. The number of carbonyl (C=O) groups is 1. The van der Waals surface area contributed by atoms with Gasteiger partial charge in [0, 0.05) is 24.7 Å². The van der Waals surface area contributed by atoms with Crippen molar-refractivity contribution in [3.8, 4) is 0 Å². The lowest BCUT2D eigenvalue weighted by Crippen LogP contribution is -2.43. The van der Waals surface area contributed by atoms with Gasteiger partial charge >= 0.3 is 0 Å². The molecular weight excluding hydrogens is 352 g/mol. The molecule has 130 valence electrons. The van der Waals surface area contributed by atoms with Crippen LogP contribution in [0.3, 0.4) is 0 Å². The molecule has 0 saturated carbocycles. The first kappa shape index (κ1) is 17.1. The van der Waals surface area contributed by atoms with Gasteiger partial charge in [0.15, 0.2) is 10.9 Å². The number of aryl methyl sites for hydroxylation is 2. The Balaban J connectivity index is 1.77. The van der Waals surface area contributed by atoms with E-state index in [4.69, 9.17) is 4.52 Å². The summed E-state index contributed by atoms with van der Waals surface area (Å²) in [5.41, 5.74) is 0.335. The zero-order valence-corrected chi connectivity index (χ0v) is 15.0. The highest BCUT2D eigenvalue weighted by Crippen LogP contribution is 2.28. The van der Waals surface area contributed by atoms with Crippen molar-refractivity contribution in [3.63, 3.8) is 0 Å². The summed E-state index contributed by atoms with van der Waals surface area (Å²) in [6.45, 7) is 3.69. The van der Waals surface area contributed by atoms with E-state index in [0.717, 1.165) is 0 Å². The Morgan fingerprint density at radius 1 is 1.46 bits per heavy atom. The number of nitrogens with one attached hydrogen (secondary N) is 1. The second-order valence-electron chi connectivity index (χ2n) is 5.68. The van der Waals surface area contributed by atoms with Crippen LogP contribution < -0.4 is 5.32 Å². The summed E-state index contributed by atoms with van der Waals surface area (Å²) >= 11 is 1.33. The van der Waals surface area contributed by atoms with Crippen LogP contribution in [0.5, 0.6) is 0 Å². The van der Waals surface area contributed by atoms with E-state index in [2.05, 4.69) is 15.5 Å². The third kappa shape index (κ3) is 3.21. The van der Waals surface area contributed by atoms with Gasteiger partial charge in [-0.15, -0.1) is 11.3 Å². The van der Waals surface area contributed by atoms with Crippen LogP contribution in [0, 0.1) is 19.8 Å². The van der Waals surface area contributed by atoms with Crippen molar-refractivity contribution in [2.75, 3.05) is 18.4 Å². The fraction of sp³-hybridized carbons (Fsp3) is 0.500. The number of hydrogen-bond donors (Lipinski definition) is 1. The zero-order valence-electron chi connectivity index (χ0n) is 13.4. The van der Waals surface area contributed by atoms with E-state index in [1.54, 1.807) is 25.4 Å². The van der Waals surface area contributed by atoms with Crippen molar-refractivity contribution in [1.29, 1.82) is 0 Å². The standard InChI is InChI=1S/C14H18N4O4S2/c1-9-12(10(2)22-17-9)24(20,21)18-6-3-4-11(8-18)13(19)16-14-15-5-7-23-14/h5,7,11H,3-4,6,8H2,1-2H3,(H,15,16,19)/t11-/m1/s1. The number of rotatable bonds is 4. The van der Waals surface area contributed by atoms with Crippen LogP contribution in [0.2, 0.25) is 0 Å². The van der Waals surface area contributed by atoms with Crippen molar-refractivity contribution in [3.05, 3.63) is 23.0 Å². The summed E-state index contributed by atoms with van der Waals surface area (Å²) in [6.07, 6.45) is 2.87. The minimum absolute atomic E-state index is 0.100. The number of carbonyl (C=O) groups excluding carboxylic acids is 1. The summed E-state index contributed by atoms with van der Waals surface area (Å²) in [4.78, 5) is 16.5. The molecule has 1 amide bonds. The minimum atomic E-state index is -3.72. The predicted molar refractivity (Wildman–Crippen MR) is 88.2 cm³/mol. The Bertz CT molecular complexity index is 810. The molecule has 0 unspecified atom stereocenters. The number of piperidine rings is 1. The van der Waals surface area contributed by atoms with Gasteiger partial charge in [-0.1, -0.05) is 5.16 Å². The molecule has 24 heavy (non-hydrogen) atoms. The number of nitrogens with zero attached hydrogens (tertiary/aromatic N) is 3. The first-order chi connectivity index (χ1) is 11.4. The van der Waals surface area contributed by atoms with Crippen LogP contribution in [0.1, 0.15) is 24.3 Å². The molecule has 3 heterocycles. The molecule has 1 atom stereocenters. The quantitative estimate of drug-likeness (QED) is 0.879. The molecule has 1 N–H and O–H groups in total. The van der Waals surface area contributed by atoms with Crippen LogP contribution in [0.4, 0.5) is 5.13 Å². The van der Waals surface area contributed by atoms with Gasteiger partial charge in [0.25, 0.3) is 0 Å². The van der Waals surface area contributed by atoms with Crippen molar-refractivity contribution in [1.82, 2.24) is 14.4 Å². The molecule has 0 aliphatic carbocycles. The summed E-state index contributed by atoms with van der Waals surface area (Å²) < 4.78 is 32.0. The minimum Gasteiger partial charge on any atom is -0.360 e. The van der Waals surface area contributed by atoms with E-state index in [1.807, 2.05) is 0 Å². The molecule has 10 heteroatoms. The van der Waals surface area contributed by atoms with Gasteiger partial charge in [0.1, 0.15) is 10.6 Å². The van der Waals surface area contributed by atoms with Gasteiger partial charge in [-0.3, -0.25) is 4.79 Å². The first-order valence-corrected chi connectivity index (χ1v) is 9.85. The molecule has 0 aromatic carbocycles. The smallest absolute Gasteiger partial charge is 0.248 e. The lowest BCUT2D eigenvalue weighted by atomic mass is 9.99. The largest absolute Gasteiger partial charge is 0.360 e. The number of thiazole rings is 1. The molecular formula is C14H18N4O4S2. The maximum atomic E-state index is 12.9. The Morgan fingerprint density at radius 2 is 2.25 bits per heavy atom. The van der Waals surface area contributed by atoms with E-state index in [0.29, 0.717) is 30.2 Å². The number of anilines is 1. The third-order valence-electron chi connectivity index (χ3n) is 3.98. The third-order valence-corrected chi connectivity index (χ3v) is 6.78. The van der Waals surface area contributed by atoms with Crippen LogP contribution in [0.15, 0.2) is 21.0 Å². The highest BCUT2D eigenvalue weighted by atomic mass is 32.2. The van der Waals surface area contributed by atoms with E-state index >= 15 is 0 Å². The van der Waals surface area contributed by atoms with E-state index in [-0.39, 0.29) is 23.1 Å². The molecule has 1 aliphatic rings. The van der Waals surface area contributed by atoms with Gasteiger partial charge < -0.3 is 9.84 Å². The number of aromatic nitrogens is 2. The lowest BCUT2D eigenvalue weighted by molar-refractivity contribution is -0.120. The topological polar surface area (TPSA) is 105 Å². The zero-order chi connectivity index (χ0) is 17.3. The highest BCUT2D eigenvalue weighted by molar-refractivity contribution is 7.89. The van der Waals surface area contributed by atoms with Crippen molar-refractivity contribution >= 4 is 32.4 Å². The number of amides is 1. The number of sulfonamides is 1. The summed E-state index contributed by atoms with van der Waals surface area (Å²) in [5, 5.41) is 8.74. The normalized spacial score (nSPS) is 19.3. The van der Waals surface area contributed by atoms with E-state index in [1.165, 1.54) is 15.6 Å². The summed E-state index contributed by atoms with van der Waals surface area (Å²) in [7, 11) is -3.72. The molecule has 8 nitrogen and oxygen atoms in total. The molecule has 2 aromatic rings. The van der Waals surface area contributed by atoms with E-state index < -0.39 is 15.9 Å². The lowest BCUT2D eigenvalue weighted by Gasteiger charge is -2.30. The predicted octanol–water partition coefficient (Wildman–Crippen LogP) is 1.79. The molecule has 2 aromatic heterocycles. The van der Waals surface area contributed by atoms with E-state index in [9.17, 15) is 13.2 Å². The molecule has 0 spiro atoms. The maximum absolute atomic E-state index is 12.9. The SMILES string of the molecule is Cc1noc(C)c1S(=O)(=O)N1CCC[C@@H](C(=O)Nc2nccs2)C1. The Morgan fingerprint density at radius 3 is 2.88 bits per heavy atom. The van der Waals surface area contributed by atoms with Gasteiger partial charge in [0.05, 0.1) is 5.92 Å². The van der Waals surface area contributed by atoms with Crippen LogP contribution in [0.25, 0.3) is 0 Å². The molecule has 1 aliphatic heterocycles. The van der Waals surface area contributed by atoms with Crippen LogP contribution in [-0.4, -0.2) is 41.9 Å². The number of hydrogen-bond acceptors (Lipinski definition) is 7. The van der Waals surface area contributed by atoms with Gasteiger partial charge in [-0.05, 0) is 26.7 Å². The summed E-state index contributed by atoms with van der Waals surface area (Å²) in [6, 6.07) is 0. The maximum Gasteiger partial charge on any atom is 0.248 e. The Labute approximate surface area is 143 Å². The molecule has 1 fully saturated rings. The van der Waals surface area contributed by atoms with Crippen LogP contribution in [-0.2, 0) is 14.8 Å². The summed E-state index contributed by atoms with van der Waals surface area (Å²) in [5.74, 6) is -0.344. The second-order valence-corrected chi connectivity index (χ2v) is 8.45. The molecule has 0 radical (unpaired) electrons. The van der Waals surface area contributed by atoms with Gasteiger partial charge in [0.2, 0.25) is 15.9 Å². The van der Waals surface area contributed by atoms with Gasteiger partial charge in [-0.25, -0.2) is 13.4 Å². The van der Waals surface area contributed by atoms with Crippen molar-refractivity contribution in [2.45, 2.75) is 31.6 Å². The highest BCUT2D eigenvalue weighted by Gasteiger charge is 2.36. The Kier molecular flexibility index (Phi) is 4.70. The van der Waals surface area contributed by atoms with Crippen molar-refractivity contribution in [2.24, 2.45) is 5.92 Å². The second kappa shape index (κ2) is 6.61.